The number of nitrogens with one attached hydrogen (secondary N) is 2. The highest BCUT2D eigenvalue weighted by atomic mass is 32.2. The van der Waals surface area contributed by atoms with Crippen LogP contribution in [0.1, 0.15) is 63.2 Å². The van der Waals surface area contributed by atoms with Crippen LogP contribution in [0.3, 0.4) is 0 Å². The Bertz CT molecular complexity index is 682. The van der Waals surface area contributed by atoms with Gasteiger partial charge in [0.1, 0.15) is 0 Å². The Kier molecular flexibility index (Phi) is 7.61. The van der Waals surface area contributed by atoms with Gasteiger partial charge in [-0.05, 0) is 70.2 Å². The van der Waals surface area contributed by atoms with E-state index in [-0.39, 0.29) is 22.9 Å². The fourth-order valence-electron chi connectivity index (χ4n) is 2.89. The molecule has 1 aromatic rings. The molecule has 2 N–H and O–H groups in total. The Labute approximate surface area is 156 Å². The monoisotopic (exact) mass is 382 g/mol. The Morgan fingerprint density at radius 3 is 2.50 bits per heavy atom. The Morgan fingerprint density at radius 1 is 1.23 bits per heavy atom. The predicted molar refractivity (Wildman–Crippen MR) is 102 cm³/mol. The van der Waals surface area contributed by atoms with E-state index in [2.05, 4.69) is 10.0 Å². The van der Waals surface area contributed by atoms with E-state index in [0.717, 1.165) is 32.3 Å². The van der Waals surface area contributed by atoms with Crippen molar-refractivity contribution in [2.45, 2.75) is 76.0 Å². The van der Waals surface area contributed by atoms with Gasteiger partial charge in [-0.3, -0.25) is 4.79 Å². The lowest BCUT2D eigenvalue weighted by atomic mass is 10.1. The van der Waals surface area contributed by atoms with Gasteiger partial charge in [0.15, 0.2) is 0 Å². The number of sulfonamides is 1. The minimum Gasteiger partial charge on any atom is -0.378 e. The number of rotatable bonds is 9. The summed E-state index contributed by atoms with van der Waals surface area (Å²) < 4.78 is 32.7. The third-order valence-electron chi connectivity index (χ3n) is 4.72. The van der Waals surface area contributed by atoms with E-state index in [1.54, 1.807) is 12.1 Å². The van der Waals surface area contributed by atoms with Crippen LogP contribution in [-0.2, 0) is 14.8 Å². The maximum Gasteiger partial charge on any atom is 0.251 e. The zero-order valence-corrected chi connectivity index (χ0v) is 16.6. The highest BCUT2D eigenvalue weighted by molar-refractivity contribution is 7.89. The molecule has 1 aromatic carbocycles. The van der Waals surface area contributed by atoms with E-state index in [4.69, 9.17) is 4.74 Å². The maximum atomic E-state index is 12.3. The molecule has 1 saturated heterocycles. The van der Waals surface area contributed by atoms with Gasteiger partial charge in [-0.1, -0.05) is 6.92 Å². The van der Waals surface area contributed by atoms with Gasteiger partial charge < -0.3 is 10.1 Å². The topological polar surface area (TPSA) is 84.5 Å². The second-order valence-electron chi connectivity index (χ2n) is 7.04. The number of hydrogen-bond acceptors (Lipinski definition) is 4. The molecule has 3 atom stereocenters. The first-order valence-corrected chi connectivity index (χ1v) is 10.8. The average Bonchev–Trinajstić information content (AvgIpc) is 3.13. The first-order chi connectivity index (χ1) is 12.3. The highest BCUT2D eigenvalue weighted by Crippen LogP contribution is 2.18. The lowest BCUT2D eigenvalue weighted by Crippen LogP contribution is -2.33. The van der Waals surface area contributed by atoms with Gasteiger partial charge in [0.2, 0.25) is 10.0 Å². The Hall–Kier alpha value is -1.44. The van der Waals surface area contributed by atoms with Crippen molar-refractivity contribution in [2.24, 2.45) is 0 Å². The van der Waals surface area contributed by atoms with E-state index in [9.17, 15) is 13.2 Å². The molecule has 1 aliphatic heterocycles. The van der Waals surface area contributed by atoms with E-state index in [0.29, 0.717) is 18.1 Å². The van der Waals surface area contributed by atoms with Crippen LogP contribution in [0.25, 0.3) is 0 Å². The third-order valence-corrected chi connectivity index (χ3v) is 6.32. The maximum absolute atomic E-state index is 12.3. The summed E-state index contributed by atoms with van der Waals surface area (Å²) >= 11 is 0. The number of hydrogen-bond donors (Lipinski definition) is 2. The van der Waals surface area contributed by atoms with Crippen LogP contribution in [0.4, 0.5) is 0 Å². The number of carbonyl (C=O) groups is 1. The van der Waals surface area contributed by atoms with Gasteiger partial charge in [0, 0.05) is 24.3 Å². The van der Waals surface area contributed by atoms with Crippen LogP contribution >= 0.6 is 0 Å². The molecule has 26 heavy (non-hydrogen) atoms. The molecule has 1 aliphatic rings. The molecular formula is C19H30N2O4S. The smallest absolute Gasteiger partial charge is 0.251 e. The van der Waals surface area contributed by atoms with Crippen molar-refractivity contribution in [1.82, 2.24) is 10.0 Å². The Morgan fingerprint density at radius 2 is 1.92 bits per heavy atom. The van der Waals surface area contributed by atoms with Crippen LogP contribution in [0, 0.1) is 0 Å². The summed E-state index contributed by atoms with van der Waals surface area (Å²) in [7, 11) is -3.55. The molecule has 0 spiro atoms. The number of ether oxygens (including phenoxy) is 1. The van der Waals surface area contributed by atoms with Crippen molar-refractivity contribution in [3.05, 3.63) is 29.8 Å². The largest absolute Gasteiger partial charge is 0.378 e. The third kappa shape index (κ3) is 6.07. The molecule has 2 rings (SSSR count). The molecule has 1 amide bonds. The Balaban J connectivity index is 1.89. The van der Waals surface area contributed by atoms with E-state index < -0.39 is 10.0 Å². The molecule has 0 bridgehead atoms. The van der Waals surface area contributed by atoms with Crippen molar-refractivity contribution in [2.75, 3.05) is 6.61 Å². The summed E-state index contributed by atoms with van der Waals surface area (Å²) in [5.41, 5.74) is 0.455. The van der Waals surface area contributed by atoms with Crippen LogP contribution in [0.15, 0.2) is 29.2 Å². The molecule has 1 fully saturated rings. The molecule has 6 nitrogen and oxygen atoms in total. The summed E-state index contributed by atoms with van der Waals surface area (Å²) in [6, 6.07) is 5.95. The van der Waals surface area contributed by atoms with Crippen molar-refractivity contribution in [3.63, 3.8) is 0 Å². The van der Waals surface area contributed by atoms with Crippen molar-refractivity contribution >= 4 is 15.9 Å². The SMILES string of the molecule is CCC(C)NS(=O)(=O)c1ccc(C(=O)NC(C)CCC2CCCO2)cc1. The lowest BCUT2D eigenvalue weighted by molar-refractivity contribution is 0.0899. The van der Waals surface area contributed by atoms with Gasteiger partial charge in [-0.15, -0.1) is 0 Å². The molecule has 0 aromatic heterocycles. The van der Waals surface area contributed by atoms with E-state index in [1.807, 2.05) is 20.8 Å². The fraction of sp³-hybridized carbons (Fsp3) is 0.632. The quantitative estimate of drug-likeness (QED) is 0.688. The summed E-state index contributed by atoms with van der Waals surface area (Å²) in [5, 5.41) is 2.96. The number of carbonyl (C=O) groups excluding carboxylic acids is 1. The van der Waals surface area contributed by atoms with Gasteiger partial charge in [-0.2, -0.15) is 0 Å². The summed E-state index contributed by atoms with van der Waals surface area (Å²) in [5.74, 6) is -0.191. The molecular weight excluding hydrogens is 352 g/mol. The summed E-state index contributed by atoms with van der Waals surface area (Å²) in [6.45, 7) is 6.55. The minimum atomic E-state index is -3.55. The van der Waals surface area contributed by atoms with E-state index >= 15 is 0 Å². The molecule has 1 heterocycles. The first-order valence-electron chi connectivity index (χ1n) is 9.36. The predicted octanol–water partition coefficient (Wildman–Crippen LogP) is 2.84. The van der Waals surface area contributed by atoms with Gasteiger partial charge in [0.05, 0.1) is 11.0 Å². The van der Waals surface area contributed by atoms with Gasteiger partial charge in [0.25, 0.3) is 5.91 Å². The zero-order valence-electron chi connectivity index (χ0n) is 15.8. The fourth-order valence-corrected chi connectivity index (χ4v) is 4.22. The number of benzene rings is 1. The van der Waals surface area contributed by atoms with Gasteiger partial charge >= 0.3 is 0 Å². The van der Waals surface area contributed by atoms with Crippen LogP contribution in [-0.4, -0.2) is 39.1 Å². The molecule has 0 aliphatic carbocycles. The van der Waals surface area contributed by atoms with Crippen LogP contribution in [0.5, 0.6) is 0 Å². The normalized spacial score (nSPS) is 19.9. The second kappa shape index (κ2) is 9.48. The first kappa shape index (κ1) is 20.9. The molecule has 3 unspecified atom stereocenters. The van der Waals surface area contributed by atoms with Crippen LogP contribution in [0.2, 0.25) is 0 Å². The standard InChI is InChI=1S/C19H30N2O4S/c1-4-14(2)21-26(23,24)18-11-8-16(9-12-18)19(22)20-15(3)7-10-17-6-5-13-25-17/h8-9,11-12,14-15,17,21H,4-7,10,13H2,1-3H3,(H,20,22). The van der Waals surface area contributed by atoms with Crippen molar-refractivity contribution in [3.8, 4) is 0 Å². The van der Waals surface area contributed by atoms with Crippen molar-refractivity contribution in [1.29, 1.82) is 0 Å². The number of amides is 1. The van der Waals surface area contributed by atoms with E-state index in [1.165, 1.54) is 12.1 Å². The average molecular weight is 383 g/mol. The molecule has 0 radical (unpaired) electrons. The van der Waals surface area contributed by atoms with Crippen molar-refractivity contribution < 1.29 is 17.9 Å². The second-order valence-corrected chi connectivity index (χ2v) is 8.76. The zero-order chi connectivity index (χ0) is 19.2. The molecule has 0 saturated carbocycles. The minimum absolute atomic E-state index is 0.0437. The lowest BCUT2D eigenvalue weighted by Gasteiger charge is -2.16. The summed E-state index contributed by atoms with van der Waals surface area (Å²) in [6.07, 6.45) is 5.05. The molecule has 7 heteroatoms. The van der Waals surface area contributed by atoms with Gasteiger partial charge in [-0.25, -0.2) is 13.1 Å². The summed E-state index contributed by atoms with van der Waals surface area (Å²) in [4.78, 5) is 12.5. The van der Waals surface area contributed by atoms with Crippen LogP contribution < -0.4 is 10.0 Å². The molecule has 146 valence electrons. The highest BCUT2D eigenvalue weighted by Gasteiger charge is 2.19.